The number of amides is 1. The van der Waals surface area contributed by atoms with Crippen LogP contribution in [0, 0.1) is 0 Å². The van der Waals surface area contributed by atoms with Crippen LogP contribution in [0.4, 0.5) is 0 Å². The summed E-state index contributed by atoms with van der Waals surface area (Å²) in [6, 6.07) is 7.24. The van der Waals surface area contributed by atoms with E-state index in [1.807, 2.05) is 29.0 Å². The lowest BCUT2D eigenvalue weighted by molar-refractivity contribution is -0.127. The summed E-state index contributed by atoms with van der Waals surface area (Å²) in [5, 5.41) is 10.8. The van der Waals surface area contributed by atoms with E-state index in [2.05, 4.69) is 0 Å². The topological polar surface area (TPSA) is 43.8 Å². The monoisotopic (exact) mass is 296 g/mol. The first-order valence-electron chi connectivity index (χ1n) is 6.96. The van der Waals surface area contributed by atoms with E-state index < -0.39 is 6.10 Å². The summed E-state index contributed by atoms with van der Waals surface area (Å²) in [5.41, 5.74) is 0.860. The fourth-order valence-corrected chi connectivity index (χ4v) is 2.53. The first kappa shape index (κ1) is 15.3. The van der Waals surface area contributed by atoms with Crippen molar-refractivity contribution in [1.29, 1.82) is 0 Å². The van der Waals surface area contributed by atoms with E-state index in [0.717, 1.165) is 31.6 Å². The van der Waals surface area contributed by atoms with Crippen LogP contribution in [-0.4, -0.2) is 54.0 Å². The predicted molar refractivity (Wildman–Crippen MR) is 79.7 cm³/mol. The second kappa shape index (κ2) is 7.07. The van der Waals surface area contributed by atoms with E-state index in [1.54, 1.807) is 12.1 Å². The van der Waals surface area contributed by atoms with Gasteiger partial charge in [0, 0.05) is 37.6 Å². The number of hydrogen-bond donors (Lipinski definition) is 1. The van der Waals surface area contributed by atoms with Gasteiger partial charge in [-0.15, -0.1) is 0 Å². The maximum Gasteiger partial charge on any atom is 0.222 e. The van der Waals surface area contributed by atoms with E-state index in [4.69, 9.17) is 11.6 Å². The Bertz CT molecular complexity index is 450. The molecule has 1 atom stereocenters. The van der Waals surface area contributed by atoms with E-state index >= 15 is 0 Å². The van der Waals surface area contributed by atoms with Crippen LogP contribution in [-0.2, 0) is 4.79 Å². The largest absolute Gasteiger partial charge is 0.387 e. The summed E-state index contributed by atoms with van der Waals surface area (Å²) in [6.07, 6.45) is 1.11. The van der Waals surface area contributed by atoms with Gasteiger partial charge in [-0.3, -0.25) is 4.79 Å². The van der Waals surface area contributed by atoms with Crippen LogP contribution in [0.1, 0.15) is 24.5 Å². The molecule has 0 spiro atoms. The zero-order valence-electron chi connectivity index (χ0n) is 11.8. The lowest BCUT2D eigenvalue weighted by Crippen LogP contribution is -2.35. The molecule has 4 nitrogen and oxygen atoms in total. The number of aliphatic hydroxyl groups excluding tert-OH is 1. The molecule has 0 aromatic heterocycles. The zero-order valence-corrected chi connectivity index (χ0v) is 12.5. The third kappa shape index (κ3) is 4.20. The van der Waals surface area contributed by atoms with Crippen LogP contribution < -0.4 is 0 Å². The molecule has 1 amide bonds. The number of likely N-dealkylation sites (N-methyl/N-ethyl adjacent to an activating group) is 1. The van der Waals surface area contributed by atoms with Crippen molar-refractivity contribution in [3.8, 4) is 0 Å². The molecule has 110 valence electrons. The van der Waals surface area contributed by atoms with Gasteiger partial charge in [-0.2, -0.15) is 0 Å². The van der Waals surface area contributed by atoms with Crippen LogP contribution in [0.15, 0.2) is 24.3 Å². The number of likely N-dealkylation sites (tertiary alicyclic amines) is 1. The van der Waals surface area contributed by atoms with Crippen LogP contribution >= 0.6 is 11.6 Å². The summed E-state index contributed by atoms with van der Waals surface area (Å²) >= 11 is 5.83. The van der Waals surface area contributed by atoms with Crippen LogP contribution in [0.25, 0.3) is 0 Å². The van der Waals surface area contributed by atoms with Crippen molar-refractivity contribution in [3.63, 3.8) is 0 Å². The number of carbonyl (C=O) groups is 1. The SMILES string of the molecule is CN(CCN1CCCC1=O)CC(O)c1ccc(Cl)cc1. The van der Waals surface area contributed by atoms with Crippen molar-refractivity contribution in [2.45, 2.75) is 18.9 Å². The van der Waals surface area contributed by atoms with Gasteiger partial charge in [0.15, 0.2) is 0 Å². The Morgan fingerprint density at radius 2 is 2.10 bits per heavy atom. The van der Waals surface area contributed by atoms with Crippen molar-refractivity contribution in [1.82, 2.24) is 9.80 Å². The molecule has 1 N–H and O–H groups in total. The molecule has 1 fully saturated rings. The summed E-state index contributed by atoms with van der Waals surface area (Å²) in [6.45, 7) is 2.93. The van der Waals surface area contributed by atoms with Crippen molar-refractivity contribution in [2.24, 2.45) is 0 Å². The first-order valence-corrected chi connectivity index (χ1v) is 7.34. The highest BCUT2D eigenvalue weighted by molar-refractivity contribution is 6.30. The molecular formula is C15H21ClN2O2. The number of rotatable bonds is 6. The third-order valence-electron chi connectivity index (χ3n) is 3.66. The average molecular weight is 297 g/mol. The second-order valence-corrected chi connectivity index (χ2v) is 5.75. The quantitative estimate of drug-likeness (QED) is 0.872. The number of carbonyl (C=O) groups excluding carboxylic acids is 1. The fourth-order valence-electron chi connectivity index (χ4n) is 2.41. The Morgan fingerprint density at radius 3 is 2.70 bits per heavy atom. The highest BCUT2D eigenvalue weighted by atomic mass is 35.5. The Labute approximate surface area is 124 Å². The van der Waals surface area contributed by atoms with Crippen LogP contribution in [0.2, 0.25) is 5.02 Å². The number of halogens is 1. The van der Waals surface area contributed by atoms with Gasteiger partial charge in [-0.1, -0.05) is 23.7 Å². The molecule has 1 saturated heterocycles. The molecule has 1 aliphatic heterocycles. The molecule has 20 heavy (non-hydrogen) atoms. The standard InChI is InChI=1S/C15H21ClN2O2/c1-17(9-10-18-8-2-3-15(18)20)11-14(19)12-4-6-13(16)7-5-12/h4-7,14,19H,2-3,8-11H2,1H3. The number of nitrogens with zero attached hydrogens (tertiary/aromatic N) is 2. The molecular weight excluding hydrogens is 276 g/mol. The van der Waals surface area contributed by atoms with Gasteiger partial charge < -0.3 is 14.9 Å². The van der Waals surface area contributed by atoms with Crippen molar-refractivity contribution < 1.29 is 9.90 Å². The number of benzene rings is 1. The third-order valence-corrected chi connectivity index (χ3v) is 3.91. The minimum Gasteiger partial charge on any atom is -0.387 e. The van der Waals surface area contributed by atoms with Crippen molar-refractivity contribution in [3.05, 3.63) is 34.9 Å². The Kier molecular flexibility index (Phi) is 5.40. The maximum atomic E-state index is 11.5. The van der Waals surface area contributed by atoms with Crippen LogP contribution in [0.5, 0.6) is 0 Å². The molecule has 0 aliphatic carbocycles. The van der Waals surface area contributed by atoms with Crippen molar-refractivity contribution in [2.75, 3.05) is 33.2 Å². The lowest BCUT2D eigenvalue weighted by atomic mass is 10.1. The molecule has 0 bridgehead atoms. The van der Waals surface area contributed by atoms with Gasteiger partial charge in [0.2, 0.25) is 5.91 Å². The van der Waals surface area contributed by atoms with Gasteiger partial charge in [-0.05, 0) is 31.2 Å². The van der Waals surface area contributed by atoms with E-state index in [9.17, 15) is 9.90 Å². The van der Waals surface area contributed by atoms with Crippen molar-refractivity contribution >= 4 is 17.5 Å². The van der Waals surface area contributed by atoms with Crippen LogP contribution in [0.3, 0.4) is 0 Å². The molecule has 1 aliphatic rings. The maximum absolute atomic E-state index is 11.5. The van der Waals surface area contributed by atoms with Gasteiger partial charge >= 0.3 is 0 Å². The van der Waals surface area contributed by atoms with E-state index in [1.165, 1.54) is 0 Å². The molecule has 1 aromatic carbocycles. The Hall–Kier alpha value is -1.10. The van der Waals surface area contributed by atoms with E-state index in [0.29, 0.717) is 18.0 Å². The molecule has 0 radical (unpaired) electrons. The molecule has 1 heterocycles. The Balaban J connectivity index is 1.77. The molecule has 1 unspecified atom stereocenters. The smallest absolute Gasteiger partial charge is 0.222 e. The highest BCUT2D eigenvalue weighted by Gasteiger charge is 2.20. The first-order chi connectivity index (χ1) is 9.56. The summed E-state index contributed by atoms with van der Waals surface area (Å²) in [7, 11) is 1.96. The molecule has 0 saturated carbocycles. The van der Waals surface area contributed by atoms with E-state index in [-0.39, 0.29) is 5.91 Å². The summed E-state index contributed by atoms with van der Waals surface area (Å²) < 4.78 is 0. The summed E-state index contributed by atoms with van der Waals surface area (Å²) in [4.78, 5) is 15.4. The van der Waals surface area contributed by atoms with Gasteiger partial charge in [0.05, 0.1) is 6.10 Å². The number of aliphatic hydroxyl groups is 1. The van der Waals surface area contributed by atoms with Gasteiger partial charge in [0.25, 0.3) is 0 Å². The minimum absolute atomic E-state index is 0.247. The zero-order chi connectivity index (χ0) is 14.5. The minimum atomic E-state index is -0.536. The average Bonchev–Trinajstić information content (AvgIpc) is 2.82. The predicted octanol–water partition coefficient (Wildman–Crippen LogP) is 1.93. The molecule has 1 aromatic rings. The fraction of sp³-hybridized carbons (Fsp3) is 0.533. The number of hydrogen-bond acceptors (Lipinski definition) is 3. The van der Waals surface area contributed by atoms with Gasteiger partial charge in [0.1, 0.15) is 0 Å². The highest BCUT2D eigenvalue weighted by Crippen LogP contribution is 2.17. The molecule has 2 rings (SSSR count). The summed E-state index contributed by atoms with van der Waals surface area (Å²) in [5.74, 6) is 0.247. The Morgan fingerprint density at radius 1 is 1.40 bits per heavy atom. The second-order valence-electron chi connectivity index (χ2n) is 5.31. The normalized spacial score (nSPS) is 17.0. The lowest BCUT2D eigenvalue weighted by Gasteiger charge is -2.24. The molecule has 5 heteroatoms. The van der Waals surface area contributed by atoms with Gasteiger partial charge in [-0.25, -0.2) is 0 Å².